The molecule has 0 saturated carbocycles. The predicted octanol–water partition coefficient (Wildman–Crippen LogP) is 4.00. The van der Waals surface area contributed by atoms with Crippen LogP contribution in [0.3, 0.4) is 0 Å². The molecule has 0 spiro atoms. The largest absolute Gasteiger partial charge is 0.148 e. The molecular formula is C11H8ClS. The first-order valence-electron chi connectivity index (χ1n) is 3.98. The summed E-state index contributed by atoms with van der Waals surface area (Å²) in [5.74, 6) is 0. The zero-order valence-electron chi connectivity index (χ0n) is 6.91. The third-order valence-corrected chi connectivity index (χ3v) is 2.79. The minimum absolute atomic E-state index is 0.781. The molecule has 0 N–H and O–H groups in total. The van der Waals surface area contributed by atoms with Crippen LogP contribution in [-0.2, 0) is 0 Å². The summed E-state index contributed by atoms with van der Waals surface area (Å²) in [6.07, 6.45) is 2.14. The van der Waals surface area contributed by atoms with E-state index in [1.807, 2.05) is 30.3 Å². The highest BCUT2D eigenvalue weighted by Gasteiger charge is 1.96. The molecular weight excluding hydrogens is 200 g/mol. The van der Waals surface area contributed by atoms with E-state index < -0.39 is 0 Å². The second kappa shape index (κ2) is 3.95. The Morgan fingerprint density at radius 1 is 1.08 bits per heavy atom. The Kier molecular flexibility index (Phi) is 2.67. The van der Waals surface area contributed by atoms with Crippen LogP contribution in [0.5, 0.6) is 0 Å². The topological polar surface area (TPSA) is 0 Å². The van der Waals surface area contributed by atoms with Crippen molar-refractivity contribution in [2.45, 2.75) is 0 Å². The normalized spacial score (nSPS) is 10.2. The van der Waals surface area contributed by atoms with Gasteiger partial charge >= 0.3 is 0 Å². The van der Waals surface area contributed by atoms with Gasteiger partial charge in [0, 0.05) is 16.3 Å². The fourth-order valence-corrected chi connectivity index (χ4v) is 1.90. The molecule has 0 aliphatic carbocycles. The highest BCUT2D eigenvalue weighted by molar-refractivity contribution is 7.10. The minimum Gasteiger partial charge on any atom is -0.148 e. The maximum atomic E-state index is 5.78. The van der Waals surface area contributed by atoms with Gasteiger partial charge < -0.3 is 0 Å². The molecule has 2 heteroatoms. The van der Waals surface area contributed by atoms with Crippen molar-refractivity contribution in [1.29, 1.82) is 0 Å². The minimum atomic E-state index is 0.781. The average Bonchev–Trinajstić information content (AvgIpc) is 2.62. The van der Waals surface area contributed by atoms with Crippen molar-refractivity contribution < 1.29 is 0 Å². The fourth-order valence-electron chi connectivity index (χ4n) is 1.10. The summed E-state index contributed by atoms with van der Waals surface area (Å²) in [5, 5.41) is 2.85. The van der Waals surface area contributed by atoms with Gasteiger partial charge in [0.05, 0.1) is 0 Å². The second-order valence-electron chi connectivity index (χ2n) is 2.71. The highest BCUT2D eigenvalue weighted by atomic mass is 35.5. The quantitative estimate of drug-likeness (QED) is 0.698. The van der Waals surface area contributed by atoms with E-state index in [0.717, 1.165) is 5.02 Å². The first-order valence-corrected chi connectivity index (χ1v) is 5.24. The van der Waals surface area contributed by atoms with Crippen LogP contribution in [0, 0.1) is 6.42 Å². The molecule has 2 rings (SSSR count). The molecule has 0 amide bonds. The Balaban J connectivity index is 2.15. The Labute approximate surface area is 86.8 Å². The number of halogens is 1. The monoisotopic (exact) mass is 207 g/mol. The smallest absolute Gasteiger partial charge is 0.0406 e. The highest BCUT2D eigenvalue weighted by Crippen LogP contribution is 2.18. The first-order chi connectivity index (χ1) is 6.34. The Morgan fingerprint density at radius 2 is 1.85 bits per heavy atom. The van der Waals surface area contributed by atoms with Gasteiger partial charge in [-0.3, -0.25) is 0 Å². The van der Waals surface area contributed by atoms with E-state index in [-0.39, 0.29) is 0 Å². The summed E-state index contributed by atoms with van der Waals surface area (Å²) in [6, 6.07) is 12.0. The van der Waals surface area contributed by atoms with Crippen molar-refractivity contribution in [2.24, 2.45) is 0 Å². The molecule has 1 aromatic carbocycles. The number of hydrogen-bond donors (Lipinski definition) is 0. The summed E-state index contributed by atoms with van der Waals surface area (Å²) in [5.41, 5.74) is 1.19. The van der Waals surface area contributed by atoms with Crippen LogP contribution >= 0.6 is 22.9 Å². The van der Waals surface area contributed by atoms with Crippen LogP contribution in [0.4, 0.5) is 0 Å². The zero-order chi connectivity index (χ0) is 9.10. The van der Waals surface area contributed by atoms with E-state index in [9.17, 15) is 0 Å². The molecule has 0 aliphatic rings. The molecule has 0 bridgehead atoms. The van der Waals surface area contributed by atoms with Crippen molar-refractivity contribution in [3.63, 3.8) is 0 Å². The SMILES string of the molecule is Clc1ccc([CH]c2cccs2)cc1. The van der Waals surface area contributed by atoms with E-state index in [2.05, 4.69) is 17.9 Å². The van der Waals surface area contributed by atoms with E-state index >= 15 is 0 Å². The average molecular weight is 208 g/mol. The molecule has 0 atom stereocenters. The lowest BCUT2D eigenvalue weighted by Crippen LogP contribution is -1.79. The van der Waals surface area contributed by atoms with Crippen molar-refractivity contribution >= 4 is 22.9 Å². The molecule has 1 aromatic heterocycles. The van der Waals surface area contributed by atoms with Gasteiger partial charge in [-0.1, -0.05) is 29.8 Å². The van der Waals surface area contributed by atoms with Crippen LogP contribution in [0.25, 0.3) is 0 Å². The number of thiophene rings is 1. The van der Waals surface area contributed by atoms with Gasteiger partial charge in [-0.05, 0) is 29.1 Å². The molecule has 0 nitrogen and oxygen atoms in total. The fraction of sp³-hybridized carbons (Fsp3) is 0. The summed E-state index contributed by atoms with van der Waals surface area (Å²) in [7, 11) is 0. The molecule has 0 saturated heterocycles. The van der Waals surface area contributed by atoms with E-state index in [1.54, 1.807) is 11.3 Å². The van der Waals surface area contributed by atoms with Gasteiger partial charge in [-0.2, -0.15) is 0 Å². The Hall–Kier alpha value is -0.790. The lowest BCUT2D eigenvalue weighted by molar-refractivity contribution is 1.50. The molecule has 65 valence electrons. The number of hydrogen-bond acceptors (Lipinski definition) is 1. The van der Waals surface area contributed by atoms with Gasteiger partial charge in [0.2, 0.25) is 0 Å². The van der Waals surface area contributed by atoms with Gasteiger partial charge in [-0.25, -0.2) is 0 Å². The van der Waals surface area contributed by atoms with E-state index in [0.29, 0.717) is 0 Å². The van der Waals surface area contributed by atoms with Gasteiger partial charge in [0.25, 0.3) is 0 Å². The molecule has 1 heterocycles. The van der Waals surface area contributed by atoms with Crippen LogP contribution in [0.2, 0.25) is 5.02 Å². The van der Waals surface area contributed by atoms with E-state index in [1.165, 1.54) is 10.4 Å². The molecule has 0 fully saturated rings. The standard InChI is InChI=1S/C11H8ClS/c12-10-5-3-9(4-6-10)8-11-2-1-7-13-11/h1-8H. The predicted molar refractivity (Wildman–Crippen MR) is 58.3 cm³/mol. The van der Waals surface area contributed by atoms with Gasteiger partial charge in [0.15, 0.2) is 0 Å². The third-order valence-electron chi connectivity index (χ3n) is 1.72. The van der Waals surface area contributed by atoms with Crippen LogP contribution in [0.15, 0.2) is 41.8 Å². The van der Waals surface area contributed by atoms with E-state index in [4.69, 9.17) is 11.6 Å². The second-order valence-corrected chi connectivity index (χ2v) is 4.13. The summed E-state index contributed by atoms with van der Waals surface area (Å²) in [6.45, 7) is 0. The van der Waals surface area contributed by atoms with Crippen molar-refractivity contribution in [3.8, 4) is 0 Å². The lowest BCUT2D eigenvalue weighted by atomic mass is 10.1. The Bertz CT molecular complexity index is 361. The van der Waals surface area contributed by atoms with Gasteiger partial charge in [0.1, 0.15) is 0 Å². The van der Waals surface area contributed by atoms with Crippen LogP contribution in [-0.4, -0.2) is 0 Å². The Morgan fingerprint density at radius 3 is 2.46 bits per heavy atom. The third kappa shape index (κ3) is 2.33. The maximum Gasteiger partial charge on any atom is 0.0406 e. The van der Waals surface area contributed by atoms with Crippen LogP contribution < -0.4 is 0 Å². The van der Waals surface area contributed by atoms with Crippen molar-refractivity contribution in [3.05, 3.63) is 63.7 Å². The summed E-state index contributed by atoms with van der Waals surface area (Å²) >= 11 is 7.52. The molecule has 0 aliphatic heterocycles. The molecule has 1 radical (unpaired) electrons. The lowest BCUT2D eigenvalue weighted by Gasteiger charge is -1.97. The molecule has 0 unspecified atom stereocenters. The molecule has 13 heavy (non-hydrogen) atoms. The van der Waals surface area contributed by atoms with Crippen molar-refractivity contribution in [2.75, 3.05) is 0 Å². The van der Waals surface area contributed by atoms with Crippen molar-refractivity contribution in [1.82, 2.24) is 0 Å². The summed E-state index contributed by atoms with van der Waals surface area (Å²) < 4.78 is 0. The summed E-state index contributed by atoms with van der Waals surface area (Å²) in [4.78, 5) is 1.27. The zero-order valence-corrected chi connectivity index (χ0v) is 8.48. The van der Waals surface area contributed by atoms with Gasteiger partial charge in [-0.15, -0.1) is 11.3 Å². The van der Waals surface area contributed by atoms with Crippen LogP contribution in [0.1, 0.15) is 10.4 Å². The first kappa shape index (κ1) is 8.79. The molecule has 2 aromatic rings. The maximum absolute atomic E-state index is 5.78. The number of rotatable bonds is 2. The number of benzene rings is 1.